The van der Waals surface area contributed by atoms with Gasteiger partial charge in [0.1, 0.15) is 0 Å². The van der Waals surface area contributed by atoms with Crippen LogP contribution in [0.15, 0.2) is 0 Å². The zero-order valence-electron chi connectivity index (χ0n) is 11.7. The zero-order valence-corrected chi connectivity index (χ0v) is 13.3. The summed E-state index contributed by atoms with van der Waals surface area (Å²) in [5.41, 5.74) is 0.123. The summed E-state index contributed by atoms with van der Waals surface area (Å²) in [5, 5.41) is 4.89. The van der Waals surface area contributed by atoms with Crippen LogP contribution >= 0.6 is 23.5 Å². The van der Waals surface area contributed by atoms with Crippen LogP contribution in [0.1, 0.15) is 34.1 Å². The van der Waals surface area contributed by atoms with Gasteiger partial charge in [-0.3, -0.25) is 0 Å². The maximum Gasteiger partial charge on any atom is 0.0326 e. The van der Waals surface area contributed by atoms with E-state index in [1.807, 2.05) is 0 Å². The summed E-state index contributed by atoms with van der Waals surface area (Å²) in [5.74, 6) is 9.27. The van der Waals surface area contributed by atoms with Gasteiger partial charge in [-0.15, -0.1) is 5.92 Å². The molecule has 1 saturated heterocycles. The number of thioether (sulfide) groups is 2. The number of rotatable bonds is 3. The lowest BCUT2D eigenvalue weighted by Gasteiger charge is -2.33. The summed E-state index contributed by atoms with van der Waals surface area (Å²) in [4.78, 5) is 0. The Morgan fingerprint density at radius 3 is 2.47 bits per heavy atom. The Kier molecular flexibility index (Phi) is 6.26. The summed E-state index contributed by atoms with van der Waals surface area (Å²) >= 11 is 4.21. The third kappa shape index (κ3) is 5.59. The molecule has 1 heterocycles. The van der Waals surface area contributed by atoms with Crippen LogP contribution in [0.4, 0.5) is 0 Å². The normalized spacial score (nSPS) is 27.1. The van der Waals surface area contributed by atoms with E-state index in [4.69, 9.17) is 0 Å². The fourth-order valence-electron chi connectivity index (χ4n) is 1.90. The standard InChI is InChI=1S/C14H25NS2/c1-11-13(17-10-9-16-11)12(15-5)7-6-8-14(2,3)4/h11-13,15H,7,9-10H2,1-5H3. The second-order valence-electron chi connectivity index (χ2n) is 5.56. The van der Waals surface area contributed by atoms with Gasteiger partial charge in [0.05, 0.1) is 0 Å². The zero-order chi connectivity index (χ0) is 12.9. The first-order chi connectivity index (χ1) is 7.94. The monoisotopic (exact) mass is 271 g/mol. The van der Waals surface area contributed by atoms with Crippen LogP contribution in [0.5, 0.6) is 0 Å². The molecule has 1 N–H and O–H groups in total. The molecule has 1 aliphatic rings. The van der Waals surface area contributed by atoms with Crippen LogP contribution in [0.3, 0.4) is 0 Å². The first-order valence-electron chi connectivity index (χ1n) is 6.34. The van der Waals surface area contributed by atoms with Gasteiger partial charge in [0, 0.05) is 39.9 Å². The van der Waals surface area contributed by atoms with Gasteiger partial charge in [-0.05, 0) is 27.8 Å². The summed E-state index contributed by atoms with van der Waals surface area (Å²) in [7, 11) is 2.07. The van der Waals surface area contributed by atoms with Crippen molar-refractivity contribution >= 4 is 23.5 Å². The lowest BCUT2D eigenvalue weighted by Crippen LogP contribution is -2.42. The second-order valence-corrected chi connectivity index (χ2v) is 8.33. The number of nitrogens with one attached hydrogen (secondary N) is 1. The average molecular weight is 271 g/mol. The van der Waals surface area contributed by atoms with Crippen molar-refractivity contribution in [1.29, 1.82) is 0 Å². The minimum atomic E-state index is 0.123. The van der Waals surface area contributed by atoms with E-state index in [9.17, 15) is 0 Å². The van der Waals surface area contributed by atoms with Gasteiger partial charge in [0.2, 0.25) is 0 Å². The molecule has 0 aromatic heterocycles. The molecule has 0 aromatic carbocycles. The molecule has 0 radical (unpaired) electrons. The van der Waals surface area contributed by atoms with E-state index in [0.29, 0.717) is 11.3 Å². The molecule has 0 bridgehead atoms. The molecule has 0 aliphatic carbocycles. The van der Waals surface area contributed by atoms with E-state index >= 15 is 0 Å². The molecule has 3 heteroatoms. The van der Waals surface area contributed by atoms with Crippen LogP contribution in [0.2, 0.25) is 0 Å². The van der Waals surface area contributed by atoms with Gasteiger partial charge in [-0.25, -0.2) is 0 Å². The van der Waals surface area contributed by atoms with Crippen molar-refractivity contribution in [2.24, 2.45) is 5.41 Å². The fraction of sp³-hybridized carbons (Fsp3) is 0.857. The van der Waals surface area contributed by atoms with Gasteiger partial charge in [0.25, 0.3) is 0 Å². The van der Waals surface area contributed by atoms with Crippen molar-refractivity contribution in [2.45, 2.75) is 50.7 Å². The fourth-order valence-corrected chi connectivity index (χ4v) is 4.90. The number of hydrogen-bond donors (Lipinski definition) is 1. The first-order valence-corrected chi connectivity index (χ1v) is 8.44. The molecular weight excluding hydrogens is 246 g/mol. The molecule has 1 nitrogen and oxygen atoms in total. The first kappa shape index (κ1) is 15.3. The maximum atomic E-state index is 3.45. The molecule has 0 saturated carbocycles. The third-order valence-electron chi connectivity index (χ3n) is 2.79. The van der Waals surface area contributed by atoms with E-state index in [1.165, 1.54) is 11.5 Å². The highest BCUT2D eigenvalue weighted by Crippen LogP contribution is 2.33. The quantitative estimate of drug-likeness (QED) is 0.791. The Balaban J connectivity index is 2.55. The Morgan fingerprint density at radius 2 is 1.94 bits per heavy atom. The van der Waals surface area contributed by atoms with E-state index in [0.717, 1.165) is 11.7 Å². The average Bonchev–Trinajstić information content (AvgIpc) is 2.24. The van der Waals surface area contributed by atoms with Crippen molar-refractivity contribution in [3.8, 4) is 11.8 Å². The topological polar surface area (TPSA) is 12.0 Å². The smallest absolute Gasteiger partial charge is 0.0326 e. The van der Waals surface area contributed by atoms with Gasteiger partial charge < -0.3 is 5.32 Å². The highest BCUT2D eigenvalue weighted by atomic mass is 32.2. The molecule has 3 unspecified atom stereocenters. The minimum Gasteiger partial charge on any atom is -0.315 e. The van der Waals surface area contributed by atoms with Crippen molar-refractivity contribution in [3.05, 3.63) is 0 Å². The van der Waals surface area contributed by atoms with Gasteiger partial charge in [-0.1, -0.05) is 12.8 Å². The lowest BCUT2D eigenvalue weighted by molar-refractivity contribution is 0.540. The lowest BCUT2D eigenvalue weighted by atomic mass is 9.97. The molecule has 0 spiro atoms. The van der Waals surface area contributed by atoms with Gasteiger partial charge >= 0.3 is 0 Å². The molecule has 17 heavy (non-hydrogen) atoms. The highest BCUT2D eigenvalue weighted by molar-refractivity contribution is 8.07. The SMILES string of the molecule is CNC(CC#CC(C)(C)C)C1SCCSC1C. The Hall–Kier alpha value is 0.220. The van der Waals surface area contributed by atoms with E-state index in [2.05, 4.69) is 75.4 Å². The van der Waals surface area contributed by atoms with Gasteiger partial charge in [-0.2, -0.15) is 23.5 Å². The molecule has 0 aromatic rings. The molecule has 98 valence electrons. The predicted octanol–water partition coefficient (Wildman–Crippen LogP) is 3.25. The molecule has 0 amide bonds. The van der Waals surface area contributed by atoms with E-state index in [1.54, 1.807) is 0 Å². The summed E-state index contributed by atoms with van der Waals surface area (Å²) in [6.45, 7) is 8.86. The molecule has 1 aliphatic heterocycles. The summed E-state index contributed by atoms with van der Waals surface area (Å²) in [6.07, 6.45) is 0.969. The molecule has 3 atom stereocenters. The Labute approximate surface area is 115 Å². The summed E-state index contributed by atoms with van der Waals surface area (Å²) < 4.78 is 0. The van der Waals surface area contributed by atoms with Crippen LogP contribution in [-0.2, 0) is 0 Å². The second kappa shape index (κ2) is 6.97. The minimum absolute atomic E-state index is 0.123. The van der Waals surface area contributed by atoms with Crippen LogP contribution in [-0.4, -0.2) is 35.1 Å². The summed E-state index contributed by atoms with van der Waals surface area (Å²) in [6, 6.07) is 0.526. The van der Waals surface area contributed by atoms with Crippen LogP contribution < -0.4 is 5.32 Å². The predicted molar refractivity (Wildman–Crippen MR) is 82.9 cm³/mol. The molecule has 1 rings (SSSR count). The van der Waals surface area contributed by atoms with Crippen LogP contribution in [0, 0.1) is 17.3 Å². The van der Waals surface area contributed by atoms with E-state index < -0.39 is 0 Å². The van der Waals surface area contributed by atoms with Crippen molar-refractivity contribution in [2.75, 3.05) is 18.6 Å². The van der Waals surface area contributed by atoms with Crippen LogP contribution in [0.25, 0.3) is 0 Å². The number of hydrogen-bond acceptors (Lipinski definition) is 3. The Morgan fingerprint density at radius 1 is 1.29 bits per heavy atom. The van der Waals surface area contributed by atoms with E-state index in [-0.39, 0.29) is 5.41 Å². The largest absolute Gasteiger partial charge is 0.315 e. The van der Waals surface area contributed by atoms with Gasteiger partial charge in [0.15, 0.2) is 0 Å². The van der Waals surface area contributed by atoms with Crippen molar-refractivity contribution in [1.82, 2.24) is 5.32 Å². The maximum absolute atomic E-state index is 3.45. The highest BCUT2D eigenvalue weighted by Gasteiger charge is 2.28. The molecular formula is C14H25NS2. The van der Waals surface area contributed by atoms with Crippen molar-refractivity contribution in [3.63, 3.8) is 0 Å². The Bertz CT molecular complexity index is 285. The van der Waals surface area contributed by atoms with Crippen molar-refractivity contribution < 1.29 is 0 Å². The molecule has 1 fully saturated rings. The third-order valence-corrected chi connectivity index (χ3v) is 6.04.